The van der Waals surface area contributed by atoms with Gasteiger partial charge in [0, 0.05) is 11.0 Å². The molecule has 0 aliphatic rings. The molecule has 98 valence electrons. The first-order valence-corrected chi connectivity index (χ1v) is 7.09. The zero-order chi connectivity index (χ0) is 13.5. The minimum absolute atomic E-state index is 0.247. The molecule has 0 saturated carbocycles. The molecule has 1 N–H and O–H groups in total. The third kappa shape index (κ3) is 4.72. The van der Waals surface area contributed by atoms with Crippen LogP contribution < -0.4 is 0 Å². The van der Waals surface area contributed by atoms with Gasteiger partial charge in [0.25, 0.3) is 0 Å². The number of halogens is 1. The van der Waals surface area contributed by atoms with Gasteiger partial charge in [0.1, 0.15) is 12.4 Å². The molecule has 0 heterocycles. The van der Waals surface area contributed by atoms with Gasteiger partial charge in [0.05, 0.1) is 5.56 Å². The highest BCUT2D eigenvalue weighted by molar-refractivity contribution is 7.99. The number of aliphatic hydroxyl groups excluding tert-OH is 1. The molecule has 0 aliphatic carbocycles. The van der Waals surface area contributed by atoms with E-state index in [0.29, 0.717) is 16.7 Å². The lowest BCUT2D eigenvalue weighted by atomic mass is 10.1. The second kappa shape index (κ2) is 7.45. The maximum absolute atomic E-state index is 13.4. The molecule has 1 rings (SSSR count). The molecule has 1 aromatic carbocycles. The Balaban J connectivity index is 2.73. The van der Waals surface area contributed by atoms with E-state index in [0.717, 1.165) is 11.3 Å². The fraction of sp³-hybridized carbons (Fsp3) is 0.467. The smallest absolute Gasteiger partial charge is 0.138 e. The van der Waals surface area contributed by atoms with Crippen molar-refractivity contribution < 1.29 is 9.50 Å². The molecule has 1 nitrogen and oxygen atoms in total. The molecule has 1 unspecified atom stereocenters. The summed E-state index contributed by atoms with van der Waals surface area (Å²) in [6, 6.07) is 4.99. The Kier molecular flexibility index (Phi) is 6.24. The number of thioether (sulfide) groups is 1. The van der Waals surface area contributed by atoms with Gasteiger partial charge in [-0.2, -0.15) is 11.8 Å². The molecule has 0 bridgehead atoms. The van der Waals surface area contributed by atoms with Gasteiger partial charge in [-0.25, -0.2) is 4.39 Å². The van der Waals surface area contributed by atoms with Gasteiger partial charge in [0.2, 0.25) is 0 Å². The van der Waals surface area contributed by atoms with Crippen LogP contribution >= 0.6 is 11.8 Å². The topological polar surface area (TPSA) is 20.2 Å². The molecule has 0 saturated heterocycles. The van der Waals surface area contributed by atoms with E-state index in [2.05, 4.69) is 32.6 Å². The number of benzene rings is 1. The van der Waals surface area contributed by atoms with Crippen molar-refractivity contribution in [2.45, 2.75) is 31.8 Å². The van der Waals surface area contributed by atoms with Crippen LogP contribution in [0, 0.1) is 23.6 Å². The van der Waals surface area contributed by atoms with Crippen molar-refractivity contribution in [1.29, 1.82) is 0 Å². The lowest BCUT2D eigenvalue weighted by molar-refractivity contribution is 0.350. The summed E-state index contributed by atoms with van der Waals surface area (Å²) >= 11 is 1.86. The van der Waals surface area contributed by atoms with Crippen LogP contribution in [0.15, 0.2) is 18.2 Å². The van der Waals surface area contributed by atoms with Gasteiger partial charge in [-0.1, -0.05) is 38.7 Å². The maximum atomic E-state index is 13.4. The highest BCUT2D eigenvalue weighted by Crippen LogP contribution is 2.23. The second-order valence-corrected chi connectivity index (χ2v) is 5.90. The number of hydrogen-bond acceptors (Lipinski definition) is 2. The first kappa shape index (κ1) is 15.1. The highest BCUT2D eigenvalue weighted by Gasteiger charge is 2.08. The summed E-state index contributed by atoms with van der Waals surface area (Å²) in [7, 11) is 0. The molecule has 1 aromatic rings. The van der Waals surface area contributed by atoms with Crippen molar-refractivity contribution in [3.8, 4) is 11.8 Å². The van der Waals surface area contributed by atoms with Gasteiger partial charge in [-0.3, -0.25) is 0 Å². The Morgan fingerprint density at radius 3 is 2.67 bits per heavy atom. The van der Waals surface area contributed by atoms with Crippen molar-refractivity contribution in [3.05, 3.63) is 35.1 Å². The SMILES string of the molecule is CC(C)C(C)SCc1ccc(F)c(C#CCO)c1. The summed E-state index contributed by atoms with van der Waals surface area (Å²) in [5.74, 6) is 6.26. The molecule has 0 fully saturated rings. The monoisotopic (exact) mass is 266 g/mol. The van der Waals surface area contributed by atoms with Crippen LogP contribution in [0.4, 0.5) is 4.39 Å². The number of aliphatic hydroxyl groups is 1. The van der Waals surface area contributed by atoms with E-state index in [1.54, 1.807) is 12.1 Å². The molecule has 0 aromatic heterocycles. The van der Waals surface area contributed by atoms with E-state index in [1.165, 1.54) is 6.07 Å². The maximum Gasteiger partial charge on any atom is 0.138 e. The fourth-order valence-corrected chi connectivity index (χ4v) is 2.33. The van der Waals surface area contributed by atoms with Crippen LogP contribution in [-0.2, 0) is 5.75 Å². The summed E-state index contributed by atoms with van der Waals surface area (Å²) in [6.45, 7) is 6.34. The second-order valence-electron chi connectivity index (χ2n) is 4.53. The predicted molar refractivity (Wildman–Crippen MR) is 76.0 cm³/mol. The van der Waals surface area contributed by atoms with Crippen LogP contribution in [0.25, 0.3) is 0 Å². The van der Waals surface area contributed by atoms with Crippen LogP contribution in [0.1, 0.15) is 31.9 Å². The molecule has 1 atom stereocenters. The van der Waals surface area contributed by atoms with Crippen LogP contribution in [0.5, 0.6) is 0 Å². The third-order valence-corrected chi connectivity index (χ3v) is 4.35. The van der Waals surface area contributed by atoms with E-state index in [-0.39, 0.29) is 12.4 Å². The minimum Gasteiger partial charge on any atom is -0.384 e. The Morgan fingerprint density at radius 1 is 1.33 bits per heavy atom. The molecular weight excluding hydrogens is 247 g/mol. The van der Waals surface area contributed by atoms with Crippen LogP contribution in [0.3, 0.4) is 0 Å². The molecular formula is C15H19FOS. The van der Waals surface area contributed by atoms with E-state index >= 15 is 0 Å². The molecule has 0 aliphatic heterocycles. The first-order valence-electron chi connectivity index (χ1n) is 6.04. The normalized spacial score (nSPS) is 12.1. The summed E-state index contributed by atoms with van der Waals surface area (Å²) in [4.78, 5) is 0. The van der Waals surface area contributed by atoms with E-state index in [4.69, 9.17) is 5.11 Å². The first-order chi connectivity index (χ1) is 8.54. The average molecular weight is 266 g/mol. The van der Waals surface area contributed by atoms with Crippen molar-refractivity contribution in [2.75, 3.05) is 6.61 Å². The van der Waals surface area contributed by atoms with E-state index in [1.807, 2.05) is 11.8 Å². The zero-order valence-electron chi connectivity index (χ0n) is 11.0. The Morgan fingerprint density at radius 2 is 2.06 bits per heavy atom. The summed E-state index contributed by atoms with van der Waals surface area (Å²) in [5.41, 5.74) is 1.43. The number of rotatable bonds is 4. The Hall–Kier alpha value is -0.980. The van der Waals surface area contributed by atoms with Crippen molar-refractivity contribution in [1.82, 2.24) is 0 Å². The largest absolute Gasteiger partial charge is 0.384 e. The van der Waals surface area contributed by atoms with Gasteiger partial charge >= 0.3 is 0 Å². The molecule has 0 amide bonds. The Labute approximate surface area is 113 Å². The standard InChI is InChI=1S/C15H19FOS/c1-11(2)12(3)18-10-13-6-7-15(16)14(9-13)5-4-8-17/h6-7,9,11-12,17H,8,10H2,1-3H3. The zero-order valence-corrected chi connectivity index (χ0v) is 11.9. The van der Waals surface area contributed by atoms with Gasteiger partial charge in [-0.15, -0.1) is 0 Å². The summed E-state index contributed by atoms with van der Waals surface area (Å²) < 4.78 is 13.4. The van der Waals surface area contributed by atoms with E-state index in [9.17, 15) is 4.39 Å². The fourth-order valence-electron chi connectivity index (χ4n) is 1.31. The highest BCUT2D eigenvalue weighted by atomic mass is 32.2. The summed E-state index contributed by atoms with van der Waals surface area (Å²) in [6.07, 6.45) is 0. The van der Waals surface area contributed by atoms with Gasteiger partial charge < -0.3 is 5.11 Å². The molecule has 0 radical (unpaired) electrons. The molecule has 0 spiro atoms. The quantitative estimate of drug-likeness (QED) is 0.842. The molecule has 18 heavy (non-hydrogen) atoms. The minimum atomic E-state index is -0.332. The lowest BCUT2D eigenvalue weighted by Gasteiger charge is -2.14. The average Bonchev–Trinajstić information content (AvgIpc) is 2.35. The van der Waals surface area contributed by atoms with E-state index < -0.39 is 0 Å². The van der Waals surface area contributed by atoms with Crippen molar-refractivity contribution in [3.63, 3.8) is 0 Å². The van der Waals surface area contributed by atoms with Crippen molar-refractivity contribution >= 4 is 11.8 Å². The lowest BCUT2D eigenvalue weighted by Crippen LogP contribution is -2.05. The van der Waals surface area contributed by atoms with Gasteiger partial charge in [0.15, 0.2) is 0 Å². The third-order valence-electron chi connectivity index (χ3n) is 2.78. The number of hydrogen-bond donors (Lipinski definition) is 1. The summed E-state index contributed by atoms with van der Waals surface area (Å²) in [5, 5.41) is 9.20. The molecule has 3 heteroatoms. The predicted octanol–water partition coefficient (Wildman–Crippen LogP) is 3.45. The van der Waals surface area contributed by atoms with Gasteiger partial charge in [-0.05, 0) is 23.6 Å². The Bertz CT molecular complexity index is 446. The van der Waals surface area contributed by atoms with Crippen molar-refractivity contribution in [2.24, 2.45) is 5.92 Å². The van der Waals surface area contributed by atoms with Crippen LogP contribution in [-0.4, -0.2) is 17.0 Å². The van der Waals surface area contributed by atoms with Crippen LogP contribution in [0.2, 0.25) is 0 Å².